The standard InChI is InChI=1S/C18H18O/c1-13-10-14-2-3-15-5-7-17(18(11-15)12-19)9-8-16(13)6-4-14/h4-7,10-12H,2-3,8-9H2,1H3. The van der Waals surface area contributed by atoms with Crippen molar-refractivity contribution in [3.8, 4) is 0 Å². The Morgan fingerprint density at radius 1 is 0.842 bits per heavy atom. The first-order valence-electron chi connectivity index (χ1n) is 6.91. The van der Waals surface area contributed by atoms with Crippen molar-refractivity contribution >= 4 is 6.29 Å². The van der Waals surface area contributed by atoms with Gasteiger partial charge in [-0.3, -0.25) is 4.79 Å². The number of rotatable bonds is 1. The van der Waals surface area contributed by atoms with Gasteiger partial charge < -0.3 is 0 Å². The van der Waals surface area contributed by atoms with Crippen LogP contribution in [0.25, 0.3) is 0 Å². The lowest BCUT2D eigenvalue weighted by molar-refractivity contribution is 0.112. The third-order valence-electron chi connectivity index (χ3n) is 4.11. The highest BCUT2D eigenvalue weighted by Crippen LogP contribution is 2.20. The third-order valence-corrected chi connectivity index (χ3v) is 4.11. The van der Waals surface area contributed by atoms with Crippen molar-refractivity contribution < 1.29 is 4.79 Å². The Bertz CT molecular complexity index is 626. The van der Waals surface area contributed by atoms with E-state index in [9.17, 15) is 4.79 Å². The van der Waals surface area contributed by atoms with Gasteiger partial charge in [-0.2, -0.15) is 0 Å². The van der Waals surface area contributed by atoms with E-state index in [4.69, 9.17) is 0 Å². The molecule has 4 aliphatic rings. The van der Waals surface area contributed by atoms with Gasteiger partial charge in [0.15, 0.2) is 0 Å². The van der Waals surface area contributed by atoms with E-state index in [1.807, 2.05) is 0 Å². The van der Waals surface area contributed by atoms with Gasteiger partial charge in [0, 0.05) is 5.56 Å². The summed E-state index contributed by atoms with van der Waals surface area (Å²) < 4.78 is 0. The van der Waals surface area contributed by atoms with Crippen molar-refractivity contribution in [1.82, 2.24) is 0 Å². The SMILES string of the molecule is Cc1cc2ccc1CCc1ccc(cc1C=O)CC2. The molecular formula is C18H18O. The van der Waals surface area contributed by atoms with Gasteiger partial charge in [-0.15, -0.1) is 0 Å². The van der Waals surface area contributed by atoms with E-state index < -0.39 is 0 Å². The Morgan fingerprint density at radius 3 is 2.16 bits per heavy atom. The maximum atomic E-state index is 11.2. The van der Waals surface area contributed by atoms with Crippen LogP contribution in [0.15, 0.2) is 36.4 Å². The predicted octanol–water partition coefficient (Wildman–Crippen LogP) is 3.69. The van der Waals surface area contributed by atoms with Gasteiger partial charge >= 0.3 is 0 Å². The van der Waals surface area contributed by atoms with Gasteiger partial charge in [-0.05, 0) is 66.5 Å². The number of aryl methyl sites for hydroxylation is 5. The van der Waals surface area contributed by atoms with Gasteiger partial charge in [-0.25, -0.2) is 0 Å². The second-order valence-electron chi connectivity index (χ2n) is 5.41. The molecule has 0 radical (unpaired) electrons. The summed E-state index contributed by atoms with van der Waals surface area (Å²) >= 11 is 0. The largest absolute Gasteiger partial charge is 0.298 e. The predicted molar refractivity (Wildman–Crippen MR) is 77.8 cm³/mol. The number of hydrogen-bond acceptors (Lipinski definition) is 1. The molecule has 0 atom stereocenters. The molecule has 19 heavy (non-hydrogen) atoms. The molecule has 1 heteroatoms. The summed E-state index contributed by atoms with van der Waals surface area (Å²) in [5, 5.41) is 0. The molecule has 0 fully saturated rings. The topological polar surface area (TPSA) is 17.1 Å². The summed E-state index contributed by atoms with van der Waals surface area (Å²) in [4.78, 5) is 11.2. The van der Waals surface area contributed by atoms with Gasteiger partial charge in [0.1, 0.15) is 6.29 Å². The average molecular weight is 250 g/mol. The molecule has 0 N–H and O–H groups in total. The fraction of sp³-hybridized carbons (Fsp3) is 0.278. The summed E-state index contributed by atoms with van der Waals surface area (Å²) in [5.74, 6) is 0. The molecule has 0 saturated heterocycles. The molecule has 96 valence electrons. The molecule has 4 bridgehead atoms. The van der Waals surface area contributed by atoms with Gasteiger partial charge in [0.25, 0.3) is 0 Å². The Balaban J connectivity index is 2.05. The molecule has 0 aromatic heterocycles. The van der Waals surface area contributed by atoms with E-state index in [2.05, 4.69) is 43.3 Å². The van der Waals surface area contributed by atoms with E-state index in [0.29, 0.717) is 0 Å². The fourth-order valence-electron chi connectivity index (χ4n) is 2.89. The molecule has 2 aromatic rings. The first-order chi connectivity index (χ1) is 9.26. The molecule has 0 heterocycles. The highest BCUT2D eigenvalue weighted by atomic mass is 16.1. The number of benzene rings is 2. The van der Waals surface area contributed by atoms with Gasteiger partial charge in [-0.1, -0.05) is 30.3 Å². The minimum absolute atomic E-state index is 0.866. The van der Waals surface area contributed by atoms with Crippen molar-refractivity contribution in [1.29, 1.82) is 0 Å². The molecule has 0 aliphatic heterocycles. The van der Waals surface area contributed by atoms with Gasteiger partial charge in [0.05, 0.1) is 0 Å². The Kier molecular flexibility index (Phi) is 3.20. The number of carbonyl (C=O) groups is 1. The molecule has 4 aliphatic carbocycles. The lowest BCUT2D eigenvalue weighted by Gasteiger charge is -2.13. The van der Waals surface area contributed by atoms with Crippen LogP contribution in [0.1, 0.15) is 38.2 Å². The number of hydrogen-bond donors (Lipinski definition) is 0. The van der Waals surface area contributed by atoms with Crippen LogP contribution in [-0.2, 0) is 25.7 Å². The molecule has 0 spiro atoms. The molecular weight excluding hydrogens is 232 g/mol. The Labute approximate surface area is 114 Å². The first kappa shape index (κ1) is 12.2. The zero-order valence-corrected chi connectivity index (χ0v) is 11.3. The van der Waals surface area contributed by atoms with E-state index >= 15 is 0 Å². The highest BCUT2D eigenvalue weighted by molar-refractivity contribution is 5.77. The van der Waals surface area contributed by atoms with Crippen LogP contribution < -0.4 is 0 Å². The maximum absolute atomic E-state index is 11.2. The smallest absolute Gasteiger partial charge is 0.150 e. The fourth-order valence-corrected chi connectivity index (χ4v) is 2.89. The first-order valence-corrected chi connectivity index (χ1v) is 6.91. The molecule has 1 nitrogen and oxygen atoms in total. The van der Waals surface area contributed by atoms with Crippen molar-refractivity contribution in [3.63, 3.8) is 0 Å². The lowest BCUT2D eigenvalue weighted by Crippen LogP contribution is -2.03. The van der Waals surface area contributed by atoms with Crippen LogP contribution in [-0.4, -0.2) is 6.29 Å². The van der Waals surface area contributed by atoms with Crippen LogP contribution >= 0.6 is 0 Å². The van der Waals surface area contributed by atoms with Crippen LogP contribution in [0.3, 0.4) is 0 Å². The maximum Gasteiger partial charge on any atom is 0.150 e. The molecule has 0 unspecified atom stereocenters. The zero-order chi connectivity index (χ0) is 13.2. The summed E-state index contributed by atoms with van der Waals surface area (Å²) in [7, 11) is 0. The summed E-state index contributed by atoms with van der Waals surface area (Å²) in [6.45, 7) is 2.19. The third kappa shape index (κ3) is 2.46. The highest BCUT2D eigenvalue weighted by Gasteiger charge is 2.08. The van der Waals surface area contributed by atoms with E-state index in [1.54, 1.807) is 0 Å². The van der Waals surface area contributed by atoms with Crippen LogP contribution in [0.4, 0.5) is 0 Å². The van der Waals surface area contributed by atoms with Crippen molar-refractivity contribution in [2.24, 2.45) is 0 Å². The molecule has 0 amide bonds. The van der Waals surface area contributed by atoms with Crippen LogP contribution in [0, 0.1) is 6.92 Å². The Morgan fingerprint density at radius 2 is 1.47 bits per heavy atom. The summed E-state index contributed by atoms with van der Waals surface area (Å²) in [5.41, 5.74) is 7.45. The van der Waals surface area contributed by atoms with Crippen molar-refractivity contribution in [2.45, 2.75) is 32.6 Å². The second kappa shape index (κ2) is 5.00. The molecule has 6 rings (SSSR count). The number of aldehydes is 1. The minimum Gasteiger partial charge on any atom is -0.298 e. The monoisotopic (exact) mass is 250 g/mol. The van der Waals surface area contributed by atoms with E-state index in [0.717, 1.165) is 37.5 Å². The van der Waals surface area contributed by atoms with Crippen molar-refractivity contribution in [3.05, 3.63) is 69.8 Å². The minimum atomic E-state index is 0.866. The van der Waals surface area contributed by atoms with Crippen LogP contribution in [0.2, 0.25) is 0 Å². The normalized spacial score (nSPS) is 13.9. The van der Waals surface area contributed by atoms with Crippen molar-refractivity contribution in [2.75, 3.05) is 0 Å². The van der Waals surface area contributed by atoms with Gasteiger partial charge in [0.2, 0.25) is 0 Å². The lowest BCUT2D eigenvalue weighted by atomic mass is 9.92. The number of carbonyl (C=O) groups excluding carboxylic acids is 1. The summed E-state index contributed by atoms with van der Waals surface area (Å²) in [6.07, 6.45) is 4.98. The Hall–Kier alpha value is -1.89. The quantitative estimate of drug-likeness (QED) is 0.705. The molecule has 0 saturated carbocycles. The second-order valence-corrected chi connectivity index (χ2v) is 5.41. The van der Waals surface area contributed by atoms with E-state index in [1.165, 1.54) is 27.8 Å². The average Bonchev–Trinajstić information content (AvgIpc) is 2.42. The van der Waals surface area contributed by atoms with Crippen LogP contribution in [0.5, 0.6) is 0 Å². The summed E-state index contributed by atoms with van der Waals surface area (Å²) in [6, 6.07) is 13.2. The molecule has 2 aromatic carbocycles. The van der Waals surface area contributed by atoms with E-state index in [-0.39, 0.29) is 0 Å². The zero-order valence-electron chi connectivity index (χ0n) is 11.3.